The van der Waals surface area contributed by atoms with Gasteiger partial charge in [0.1, 0.15) is 0 Å². The van der Waals surface area contributed by atoms with Crippen LogP contribution in [0.25, 0.3) is 0 Å². The molecule has 0 saturated heterocycles. The summed E-state index contributed by atoms with van der Waals surface area (Å²) in [6.07, 6.45) is 16.7. The van der Waals surface area contributed by atoms with E-state index < -0.39 is 0 Å². The molecule has 0 aliphatic heterocycles. The monoisotopic (exact) mass is 254 g/mol. The summed E-state index contributed by atoms with van der Waals surface area (Å²) in [5.74, 6) is 1.53. The van der Waals surface area contributed by atoms with Crippen molar-refractivity contribution in [3.63, 3.8) is 0 Å². The molecule has 78 valence electrons. The average molecular weight is 255 g/mol. The normalized spacial score (nSPS) is 16.6. The second kappa shape index (κ2) is 7.16. The number of halogens is 1. The number of allylic oxidation sites excluding steroid dienone is 8. The quantitative estimate of drug-likeness (QED) is 0.515. The van der Waals surface area contributed by atoms with Gasteiger partial charge in [0.25, 0.3) is 0 Å². The molecule has 0 heterocycles. The van der Waals surface area contributed by atoms with Gasteiger partial charge >= 0.3 is 21.7 Å². The Labute approximate surface area is 114 Å². The molecule has 0 nitrogen and oxygen atoms in total. The Hall–Kier alpha value is -0.166. The van der Waals surface area contributed by atoms with Crippen LogP contribution in [0.3, 0.4) is 0 Å². The third-order valence-corrected chi connectivity index (χ3v) is 2.66. The minimum atomic E-state index is 0. The van der Waals surface area contributed by atoms with E-state index in [4.69, 9.17) is 0 Å². The first-order valence-corrected chi connectivity index (χ1v) is 4.89. The standard InChI is InChI=1S/C13H15.ClH.Ti/c1-11(13-8-4-5-9-13)10-12-6-2-3-7-12;;/h2-6,8H,7,9-10H2,1H3;1H;/q-1;;+2/p-1. The van der Waals surface area contributed by atoms with E-state index in [9.17, 15) is 0 Å². The molecule has 0 spiro atoms. The molecule has 2 rings (SSSR count). The van der Waals surface area contributed by atoms with Crippen molar-refractivity contribution >= 4 is 0 Å². The zero-order valence-corrected chi connectivity index (χ0v) is 11.3. The predicted molar refractivity (Wildman–Crippen MR) is 57.2 cm³/mol. The van der Waals surface area contributed by atoms with Crippen molar-refractivity contribution in [1.29, 1.82) is 0 Å². The Balaban J connectivity index is 0.000000980. The van der Waals surface area contributed by atoms with Crippen molar-refractivity contribution in [1.82, 2.24) is 0 Å². The van der Waals surface area contributed by atoms with Crippen LogP contribution in [0.5, 0.6) is 0 Å². The SMILES string of the molecule is C[C-](CC1=CC=CC1)C1=CC=CC1.[Cl-].[Ti+2]. The molecule has 0 aromatic heterocycles. The summed E-state index contributed by atoms with van der Waals surface area (Å²) >= 11 is 0. The maximum absolute atomic E-state index is 2.25. The Morgan fingerprint density at radius 3 is 2.33 bits per heavy atom. The molecule has 0 fully saturated rings. The van der Waals surface area contributed by atoms with E-state index in [2.05, 4.69) is 43.4 Å². The van der Waals surface area contributed by atoms with Gasteiger partial charge in [0.15, 0.2) is 0 Å². The zero-order valence-electron chi connectivity index (χ0n) is 8.96. The van der Waals surface area contributed by atoms with Crippen molar-refractivity contribution < 1.29 is 34.1 Å². The van der Waals surface area contributed by atoms with Crippen LogP contribution in [0.1, 0.15) is 26.2 Å². The molecule has 0 bridgehead atoms. The molecule has 0 unspecified atom stereocenters. The second-order valence-corrected chi connectivity index (χ2v) is 3.74. The fourth-order valence-electron chi connectivity index (χ4n) is 1.84. The van der Waals surface area contributed by atoms with Gasteiger partial charge in [-0.05, 0) is 12.8 Å². The van der Waals surface area contributed by atoms with Crippen LogP contribution in [0.15, 0.2) is 47.6 Å². The largest absolute Gasteiger partial charge is 2.00 e. The maximum Gasteiger partial charge on any atom is 2.00 e. The third kappa shape index (κ3) is 4.06. The molecular formula is C13H15ClTi. The Morgan fingerprint density at radius 1 is 1.13 bits per heavy atom. The molecule has 0 aromatic carbocycles. The molecule has 0 N–H and O–H groups in total. The van der Waals surface area contributed by atoms with E-state index in [0.717, 1.165) is 19.3 Å². The van der Waals surface area contributed by atoms with Gasteiger partial charge in [-0.3, -0.25) is 0 Å². The summed E-state index contributed by atoms with van der Waals surface area (Å²) in [6.45, 7) is 2.25. The summed E-state index contributed by atoms with van der Waals surface area (Å²) in [5, 5.41) is 0. The number of hydrogen-bond acceptors (Lipinski definition) is 0. The first kappa shape index (κ1) is 14.8. The number of hydrogen-bond donors (Lipinski definition) is 0. The molecule has 2 aliphatic rings. The molecule has 0 aromatic rings. The molecule has 0 saturated carbocycles. The minimum Gasteiger partial charge on any atom is -1.00 e. The maximum atomic E-state index is 2.25. The second-order valence-electron chi connectivity index (χ2n) is 3.74. The van der Waals surface area contributed by atoms with Crippen LogP contribution < -0.4 is 12.4 Å². The van der Waals surface area contributed by atoms with Crippen LogP contribution in [0.2, 0.25) is 0 Å². The van der Waals surface area contributed by atoms with Gasteiger partial charge in [-0.2, -0.15) is 0 Å². The van der Waals surface area contributed by atoms with Crippen LogP contribution in [0, 0.1) is 5.92 Å². The Kier molecular flexibility index (Phi) is 7.09. The zero-order chi connectivity index (χ0) is 9.10. The third-order valence-electron chi connectivity index (χ3n) is 2.66. The van der Waals surface area contributed by atoms with E-state index in [1.54, 1.807) is 5.57 Å². The Morgan fingerprint density at radius 2 is 1.80 bits per heavy atom. The van der Waals surface area contributed by atoms with E-state index in [1.165, 1.54) is 11.5 Å². The van der Waals surface area contributed by atoms with Crippen LogP contribution in [-0.2, 0) is 21.7 Å². The van der Waals surface area contributed by atoms with Crippen LogP contribution in [-0.4, -0.2) is 0 Å². The van der Waals surface area contributed by atoms with Gasteiger partial charge in [-0.1, -0.05) is 30.2 Å². The first-order chi connectivity index (χ1) is 6.36. The van der Waals surface area contributed by atoms with Crippen molar-refractivity contribution in [2.45, 2.75) is 26.2 Å². The topological polar surface area (TPSA) is 0 Å². The molecule has 2 heteroatoms. The summed E-state index contributed by atoms with van der Waals surface area (Å²) in [4.78, 5) is 0. The van der Waals surface area contributed by atoms with Crippen LogP contribution >= 0.6 is 0 Å². The van der Waals surface area contributed by atoms with Crippen molar-refractivity contribution in [3.05, 3.63) is 53.5 Å². The summed E-state index contributed by atoms with van der Waals surface area (Å²) in [6, 6.07) is 0. The first-order valence-electron chi connectivity index (χ1n) is 4.89. The summed E-state index contributed by atoms with van der Waals surface area (Å²) in [5.41, 5.74) is 3.05. The molecule has 0 amide bonds. The van der Waals surface area contributed by atoms with Crippen LogP contribution in [0.4, 0.5) is 0 Å². The van der Waals surface area contributed by atoms with Gasteiger partial charge < -0.3 is 12.4 Å². The van der Waals surface area contributed by atoms with Gasteiger partial charge in [-0.25, -0.2) is 17.6 Å². The number of rotatable bonds is 3. The van der Waals surface area contributed by atoms with Gasteiger partial charge in [-0.15, -0.1) is 19.1 Å². The Bertz CT molecular complexity index is 310. The molecular weight excluding hydrogens is 239 g/mol. The summed E-state index contributed by atoms with van der Waals surface area (Å²) < 4.78 is 0. The van der Waals surface area contributed by atoms with Gasteiger partial charge in [0.05, 0.1) is 0 Å². The molecule has 15 heavy (non-hydrogen) atoms. The van der Waals surface area contributed by atoms with E-state index in [1.807, 2.05) is 0 Å². The van der Waals surface area contributed by atoms with Crippen molar-refractivity contribution in [2.24, 2.45) is 0 Å². The van der Waals surface area contributed by atoms with Crippen molar-refractivity contribution in [3.8, 4) is 0 Å². The fraction of sp³-hybridized carbons (Fsp3) is 0.308. The summed E-state index contributed by atoms with van der Waals surface area (Å²) in [7, 11) is 0. The average Bonchev–Trinajstić information content (AvgIpc) is 2.74. The van der Waals surface area contributed by atoms with E-state index >= 15 is 0 Å². The molecule has 2 aliphatic carbocycles. The smallest absolute Gasteiger partial charge is 1.00 e. The van der Waals surface area contributed by atoms with Gasteiger partial charge in [0.2, 0.25) is 0 Å². The fourth-order valence-corrected chi connectivity index (χ4v) is 1.84. The van der Waals surface area contributed by atoms with Gasteiger partial charge in [0, 0.05) is 0 Å². The van der Waals surface area contributed by atoms with E-state index in [-0.39, 0.29) is 34.1 Å². The molecule has 0 radical (unpaired) electrons. The minimum absolute atomic E-state index is 0. The van der Waals surface area contributed by atoms with Crippen molar-refractivity contribution in [2.75, 3.05) is 0 Å². The van der Waals surface area contributed by atoms with E-state index in [0.29, 0.717) is 0 Å². The molecule has 0 atom stereocenters. The predicted octanol–water partition coefficient (Wildman–Crippen LogP) is 0.745.